The van der Waals surface area contributed by atoms with Gasteiger partial charge in [0.1, 0.15) is 0 Å². The minimum Gasteiger partial charge on any atom is -0.478 e. The van der Waals surface area contributed by atoms with Gasteiger partial charge >= 0.3 is 0 Å². The number of amides is 1. The van der Waals surface area contributed by atoms with Crippen molar-refractivity contribution < 1.29 is 9.53 Å². The molecule has 1 aliphatic rings. The monoisotopic (exact) mass is 352 g/mol. The average molecular weight is 352 g/mol. The number of benzene rings is 1. The van der Waals surface area contributed by atoms with E-state index in [4.69, 9.17) is 4.74 Å². The van der Waals surface area contributed by atoms with Gasteiger partial charge in [-0.1, -0.05) is 56.5 Å². The fourth-order valence-electron chi connectivity index (χ4n) is 3.70. The fraction of sp³-hybridized carbons (Fsp3) is 0.455. The third-order valence-electron chi connectivity index (χ3n) is 5.27. The Morgan fingerprint density at radius 2 is 1.88 bits per heavy atom. The number of ether oxygens (including phenoxy) is 1. The average Bonchev–Trinajstić information content (AvgIpc) is 3.16. The summed E-state index contributed by atoms with van der Waals surface area (Å²) in [5, 5.41) is 3.13. The van der Waals surface area contributed by atoms with Gasteiger partial charge in [-0.2, -0.15) is 0 Å². The molecule has 4 heteroatoms. The molecule has 2 aromatic rings. The van der Waals surface area contributed by atoms with Gasteiger partial charge < -0.3 is 10.1 Å². The number of pyridine rings is 1. The molecule has 1 amide bonds. The molecule has 3 rings (SSSR count). The molecule has 1 N–H and O–H groups in total. The molecule has 26 heavy (non-hydrogen) atoms. The molecule has 1 aliphatic carbocycles. The predicted molar refractivity (Wildman–Crippen MR) is 105 cm³/mol. The van der Waals surface area contributed by atoms with E-state index in [9.17, 15) is 4.79 Å². The molecule has 0 bridgehead atoms. The first-order valence-electron chi connectivity index (χ1n) is 9.63. The highest BCUT2D eigenvalue weighted by molar-refractivity contribution is 5.99. The second-order valence-electron chi connectivity index (χ2n) is 7.09. The Balaban J connectivity index is 1.76. The van der Waals surface area contributed by atoms with Crippen molar-refractivity contribution in [1.82, 2.24) is 4.98 Å². The van der Waals surface area contributed by atoms with Crippen LogP contribution >= 0.6 is 0 Å². The summed E-state index contributed by atoms with van der Waals surface area (Å²) in [5.74, 6) is 0.693. The highest BCUT2D eigenvalue weighted by Crippen LogP contribution is 2.42. The van der Waals surface area contributed by atoms with Crippen molar-refractivity contribution >= 4 is 11.6 Å². The smallest absolute Gasteiger partial charge is 0.235 e. The van der Waals surface area contributed by atoms with Crippen LogP contribution in [0.25, 0.3) is 0 Å². The van der Waals surface area contributed by atoms with Crippen LogP contribution < -0.4 is 10.1 Å². The Labute approximate surface area is 156 Å². The van der Waals surface area contributed by atoms with Crippen molar-refractivity contribution in [3.63, 3.8) is 0 Å². The van der Waals surface area contributed by atoms with Crippen molar-refractivity contribution in [1.29, 1.82) is 0 Å². The number of carbonyl (C=O) groups excluding carboxylic acids is 1. The Kier molecular flexibility index (Phi) is 5.92. The number of carbonyl (C=O) groups is 1. The van der Waals surface area contributed by atoms with Crippen LogP contribution in [0.15, 0.2) is 42.5 Å². The molecule has 1 aromatic carbocycles. The number of nitrogens with zero attached hydrogens (tertiary/aromatic N) is 1. The molecule has 1 saturated carbocycles. The lowest BCUT2D eigenvalue weighted by molar-refractivity contribution is -0.121. The molecule has 1 fully saturated rings. The van der Waals surface area contributed by atoms with Crippen molar-refractivity contribution in [3.8, 4) is 5.88 Å². The van der Waals surface area contributed by atoms with E-state index < -0.39 is 5.41 Å². The highest BCUT2D eigenvalue weighted by Gasteiger charge is 2.42. The predicted octanol–water partition coefficient (Wildman–Crippen LogP) is 5.02. The van der Waals surface area contributed by atoms with Crippen LogP contribution in [0.3, 0.4) is 0 Å². The summed E-state index contributed by atoms with van der Waals surface area (Å²) in [6.07, 6.45) is 6.07. The van der Waals surface area contributed by atoms with Crippen molar-refractivity contribution in [3.05, 3.63) is 53.7 Å². The summed E-state index contributed by atoms with van der Waals surface area (Å²) >= 11 is 0. The molecule has 0 radical (unpaired) electrons. The Morgan fingerprint density at radius 1 is 1.15 bits per heavy atom. The van der Waals surface area contributed by atoms with Crippen LogP contribution in [0.5, 0.6) is 5.88 Å². The standard InChI is InChI=1S/C22H28N2O2/c1-3-4-16-26-20-13-12-19(17(2)23-20)24-21(25)22(14-8-9-15-22)18-10-6-5-7-11-18/h5-7,10-13H,3-4,8-9,14-16H2,1-2H3,(H,24,25). The third-order valence-corrected chi connectivity index (χ3v) is 5.27. The minimum atomic E-state index is -0.427. The molecule has 0 aliphatic heterocycles. The molecule has 4 nitrogen and oxygen atoms in total. The van der Waals surface area contributed by atoms with Crippen molar-refractivity contribution in [2.75, 3.05) is 11.9 Å². The molecular weight excluding hydrogens is 324 g/mol. The molecule has 138 valence electrons. The lowest BCUT2D eigenvalue weighted by atomic mass is 9.78. The van der Waals surface area contributed by atoms with Crippen molar-refractivity contribution in [2.24, 2.45) is 0 Å². The molecular formula is C22H28N2O2. The van der Waals surface area contributed by atoms with Crippen LogP contribution in [-0.2, 0) is 10.2 Å². The molecule has 0 spiro atoms. The van der Waals surface area contributed by atoms with E-state index in [0.717, 1.165) is 55.5 Å². The zero-order valence-corrected chi connectivity index (χ0v) is 15.8. The van der Waals surface area contributed by atoms with E-state index in [1.54, 1.807) is 0 Å². The summed E-state index contributed by atoms with van der Waals surface area (Å²) in [7, 11) is 0. The Hall–Kier alpha value is -2.36. The van der Waals surface area contributed by atoms with Crippen LogP contribution in [0.1, 0.15) is 56.7 Å². The highest BCUT2D eigenvalue weighted by atomic mass is 16.5. The lowest BCUT2D eigenvalue weighted by Crippen LogP contribution is -2.38. The summed E-state index contributed by atoms with van der Waals surface area (Å²) in [6, 6.07) is 13.9. The maximum atomic E-state index is 13.2. The zero-order valence-electron chi connectivity index (χ0n) is 15.8. The first kappa shape index (κ1) is 18.4. The Morgan fingerprint density at radius 3 is 2.54 bits per heavy atom. The van der Waals surface area contributed by atoms with E-state index in [1.165, 1.54) is 0 Å². The van der Waals surface area contributed by atoms with E-state index >= 15 is 0 Å². The van der Waals surface area contributed by atoms with Gasteiger partial charge in [-0.3, -0.25) is 4.79 Å². The van der Waals surface area contributed by atoms with Gasteiger partial charge in [-0.05, 0) is 37.8 Å². The van der Waals surface area contributed by atoms with Gasteiger partial charge in [0.05, 0.1) is 23.4 Å². The van der Waals surface area contributed by atoms with Gasteiger partial charge in [0.2, 0.25) is 11.8 Å². The van der Waals surface area contributed by atoms with Gasteiger partial charge in [0, 0.05) is 6.07 Å². The SMILES string of the molecule is CCCCOc1ccc(NC(=O)C2(c3ccccc3)CCCC2)c(C)n1. The number of unbranched alkanes of at least 4 members (excludes halogenated alkanes) is 1. The quantitative estimate of drug-likeness (QED) is 0.712. The van der Waals surface area contributed by atoms with Gasteiger partial charge in [0.15, 0.2) is 0 Å². The summed E-state index contributed by atoms with van der Waals surface area (Å²) in [4.78, 5) is 17.7. The first-order chi connectivity index (χ1) is 12.7. The van der Waals surface area contributed by atoms with Gasteiger partial charge in [0.25, 0.3) is 0 Å². The normalized spacial score (nSPS) is 15.6. The molecule has 0 atom stereocenters. The fourth-order valence-corrected chi connectivity index (χ4v) is 3.70. The number of aromatic nitrogens is 1. The minimum absolute atomic E-state index is 0.0748. The van der Waals surface area contributed by atoms with Crippen LogP contribution in [0.2, 0.25) is 0 Å². The van der Waals surface area contributed by atoms with E-state index in [2.05, 4.69) is 29.4 Å². The van der Waals surface area contributed by atoms with E-state index in [0.29, 0.717) is 12.5 Å². The second kappa shape index (κ2) is 8.35. The number of hydrogen-bond acceptors (Lipinski definition) is 3. The van der Waals surface area contributed by atoms with Gasteiger partial charge in [-0.15, -0.1) is 0 Å². The van der Waals surface area contributed by atoms with Crippen LogP contribution in [-0.4, -0.2) is 17.5 Å². The summed E-state index contributed by atoms with van der Waals surface area (Å²) in [6.45, 7) is 4.71. The second-order valence-corrected chi connectivity index (χ2v) is 7.09. The Bertz CT molecular complexity index is 737. The van der Waals surface area contributed by atoms with Crippen LogP contribution in [0.4, 0.5) is 5.69 Å². The zero-order chi connectivity index (χ0) is 18.4. The van der Waals surface area contributed by atoms with Crippen LogP contribution in [0, 0.1) is 6.92 Å². The van der Waals surface area contributed by atoms with Gasteiger partial charge in [-0.25, -0.2) is 4.98 Å². The topological polar surface area (TPSA) is 51.2 Å². The number of rotatable bonds is 7. The van der Waals surface area contributed by atoms with Crippen molar-refractivity contribution in [2.45, 2.75) is 57.8 Å². The third kappa shape index (κ3) is 3.90. The maximum Gasteiger partial charge on any atom is 0.235 e. The molecule has 1 aromatic heterocycles. The summed E-state index contributed by atoms with van der Waals surface area (Å²) in [5.41, 5.74) is 2.23. The first-order valence-corrected chi connectivity index (χ1v) is 9.63. The number of hydrogen-bond donors (Lipinski definition) is 1. The van der Waals surface area contributed by atoms with E-state index in [-0.39, 0.29) is 5.91 Å². The van der Waals surface area contributed by atoms with E-state index in [1.807, 2.05) is 37.3 Å². The number of nitrogens with one attached hydrogen (secondary N) is 1. The largest absolute Gasteiger partial charge is 0.478 e. The molecule has 0 unspecified atom stereocenters. The molecule has 1 heterocycles. The molecule has 0 saturated heterocycles. The summed E-state index contributed by atoms with van der Waals surface area (Å²) < 4.78 is 5.65. The lowest BCUT2D eigenvalue weighted by Gasteiger charge is -2.28. The maximum absolute atomic E-state index is 13.2. The number of aryl methyl sites for hydroxylation is 1. The number of anilines is 1.